The molecule has 1 aromatic carbocycles. The van der Waals surface area contributed by atoms with Gasteiger partial charge in [-0.3, -0.25) is 5.10 Å². The second kappa shape index (κ2) is 5.74. The Morgan fingerprint density at radius 1 is 1.21 bits per heavy atom. The number of hydrogen-bond acceptors (Lipinski definition) is 2. The van der Waals surface area contributed by atoms with Crippen molar-refractivity contribution in [2.24, 2.45) is 0 Å². The van der Waals surface area contributed by atoms with Gasteiger partial charge in [-0.1, -0.05) is 43.0 Å². The standard InChI is InChI=1S/C15H18ClN3/c16-13-8-4-5-11(9-13)10-14-17-15(19-18-14)12-6-2-1-3-7-12/h4-5,8-9,12H,1-3,6-7,10H2,(H,17,18,19). The van der Waals surface area contributed by atoms with Crippen LogP contribution in [0.25, 0.3) is 0 Å². The van der Waals surface area contributed by atoms with Crippen molar-refractivity contribution >= 4 is 11.6 Å². The van der Waals surface area contributed by atoms with E-state index in [9.17, 15) is 0 Å². The van der Waals surface area contributed by atoms with Gasteiger partial charge >= 0.3 is 0 Å². The summed E-state index contributed by atoms with van der Waals surface area (Å²) in [5.41, 5.74) is 1.17. The van der Waals surface area contributed by atoms with Crippen LogP contribution >= 0.6 is 11.6 Å². The molecule has 3 rings (SSSR count). The number of nitrogens with one attached hydrogen (secondary N) is 1. The molecular weight excluding hydrogens is 258 g/mol. The quantitative estimate of drug-likeness (QED) is 0.916. The Balaban J connectivity index is 1.70. The summed E-state index contributed by atoms with van der Waals surface area (Å²) in [6.07, 6.45) is 7.20. The molecule has 1 heterocycles. The zero-order valence-electron chi connectivity index (χ0n) is 10.9. The minimum Gasteiger partial charge on any atom is -0.263 e. The molecule has 19 heavy (non-hydrogen) atoms. The molecule has 0 amide bonds. The van der Waals surface area contributed by atoms with Crippen molar-refractivity contribution < 1.29 is 0 Å². The van der Waals surface area contributed by atoms with Crippen molar-refractivity contribution in [3.8, 4) is 0 Å². The topological polar surface area (TPSA) is 41.6 Å². The summed E-state index contributed by atoms with van der Waals surface area (Å²) in [5.74, 6) is 2.48. The van der Waals surface area contributed by atoms with E-state index in [1.807, 2.05) is 18.2 Å². The predicted octanol–water partition coefficient (Wildman–Crippen LogP) is 4.10. The third-order valence-electron chi connectivity index (χ3n) is 3.78. The maximum Gasteiger partial charge on any atom is 0.153 e. The third kappa shape index (κ3) is 3.16. The summed E-state index contributed by atoms with van der Waals surface area (Å²) in [6, 6.07) is 7.90. The molecular formula is C15H18ClN3. The van der Waals surface area contributed by atoms with Crippen molar-refractivity contribution in [2.45, 2.75) is 44.4 Å². The van der Waals surface area contributed by atoms with Crippen LogP contribution in [0.15, 0.2) is 24.3 Å². The first kappa shape index (κ1) is 12.7. The highest BCUT2D eigenvalue weighted by molar-refractivity contribution is 6.30. The van der Waals surface area contributed by atoms with Crippen molar-refractivity contribution in [2.75, 3.05) is 0 Å². The monoisotopic (exact) mass is 275 g/mol. The minimum absolute atomic E-state index is 0.554. The van der Waals surface area contributed by atoms with E-state index in [-0.39, 0.29) is 0 Å². The summed E-state index contributed by atoms with van der Waals surface area (Å²) < 4.78 is 0. The fourth-order valence-electron chi connectivity index (χ4n) is 2.77. The van der Waals surface area contributed by atoms with Gasteiger partial charge in [-0.2, -0.15) is 5.10 Å². The lowest BCUT2D eigenvalue weighted by molar-refractivity contribution is 0.429. The van der Waals surface area contributed by atoms with Crippen LogP contribution in [0.3, 0.4) is 0 Å². The molecule has 0 bridgehead atoms. The molecule has 0 saturated heterocycles. The molecule has 1 saturated carbocycles. The Morgan fingerprint density at radius 3 is 2.84 bits per heavy atom. The molecule has 0 atom stereocenters. The van der Waals surface area contributed by atoms with Crippen LogP contribution in [-0.4, -0.2) is 15.2 Å². The van der Waals surface area contributed by atoms with Crippen molar-refractivity contribution in [1.82, 2.24) is 15.2 Å². The van der Waals surface area contributed by atoms with Gasteiger partial charge in [0, 0.05) is 17.4 Å². The second-order valence-corrected chi connectivity index (χ2v) is 5.72. The number of benzene rings is 1. The van der Waals surface area contributed by atoms with E-state index in [1.165, 1.54) is 37.7 Å². The first-order chi connectivity index (χ1) is 9.31. The molecule has 4 heteroatoms. The van der Waals surface area contributed by atoms with Crippen LogP contribution < -0.4 is 0 Å². The second-order valence-electron chi connectivity index (χ2n) is 5.28. The molecule has 1 aliphatic rings. The Morgan fingerprint density at radius 2 is 2.05 bits per heavy atom. The summed E-state index contributed by atoms with van der Waals surface area (Å²) in [7, 11) is 0. The highest BCUT2D eigenvalue weighted by atomic mass is 35.5. The van der Waals surface area contributed by atoms with Gasteiger partial charge in [0.25, 0.3) is 0 Å². The first-order valence-electron chi connectivity index (χ1n) is 6.97. The molecule has 0 unspecified atom stereocenters. The van der Waals surface area contributed by atoms with E-state index in [0.29, 0.717) is 5.92 Å². The van der Waals surface area contributed by atoms with Crippen molar-refractivity contribution in [3.63, 3.8) is 0 Å². The van der Waals surface area contributed by atoms with Gasteiger partial charge in [0.1, 0.15) is 5.82 Å². The van der Waals surface area contributed by atoms with E-state index < -0.39 is 0 Å². The van der Waals surface area contributed by atoms with Gasteiger partial charge in [-0.15, -0.1) is 0 Å². The van der Waals surface area contributed by atoms with Gasteiger partial charge in [-0.05, 0) is 30.5 Å². The number of aromatic nitrogens is 3. The number of nitrogens with zero attached hydrogens (tertiary/aromatic N) is 2. The van der Waals surface area contributed by atoms with Gasteiger partial charge < -0.3 is 0 Å². The van der Waals surface area contributed by atoms with Crippen LogP contribution in [-0.2, 0) is 6.42 Å². The number of H-pyrrole nitrogens is 1. The van der Waals surface area contributed by atoms with Crippen molar-refractivity contribution in [1.29, 1.82) is 0 Å². The molecule has 100 valence electrons. The summed E-state index contributed by atoms with van der Waals surface area (Å²) >= 11 is 5.99. The number of hydrogen-bond donors (Lipinski definition) is 1. The largest absolute Gasteiger partial charge is 0.263 e. The van der Waals surface area contributed by atoms with E-state index >= 15 is 0 Å². The van der Waals surface area contributed by atoms with Crippen LogP contribution in [0.2, 0.25) is 5.02 Å². The molecule has 1 N–H and O–H groups in total. The number of aromatic amines is 1. The van der Waals surface area contributed by atoms with E-state index in [0.717, 1.165) is 23.1 Å². The van der Waals surface area contributed by atoms with Crippen LogP contribution in [0.4, 0.5) is 0 Å². The Bertz CT molecular complexity index is 544. The highest BCUT2D eigenvalue weighted by Crippen LogP contribution is 2.30. The summed E-state index contributed by atoms with van der Waals surface area (Å²) in [6.45, 7) is 0. The molecule has 3 nitrogen and oxygen atoms in total. The Labute approximate surface area is 118 Å². The van der Waals surface area contributed by atoms with Gasteiger partial charge in [-0.25, -0.2) is 4.98 Å². The number of rotatable bonds is 3. The molecule has 0 aliphatic heterocycles. The average Bonchev–Trinajstić information content (AvgIpc) is 2.88. The first-order valence-corrected chi connectivity index (χ1v) is 7.35. The smallest absolute Gasteiger partial charge is 0.153 e. The zero-order valence-corrected chi connectivity index (χ0v) is 11.7. The Hall–Kier alpha value is -1.35. The molecule has 1 aromatic heterocycles. The fraction of sp³-hybridized carbons (Fsp3) is 0.467. The average molecular weight is 276 g/mol. The van der Waals surface area contributed by atoms with Gasteiger partial charge in [0.15, 0.2) is 5.82 Å². The lowest BCUT2D eigenvalue weighted by atomic mass is 9.89. The van der Waals surface area contributed by atoms with Gasteiger partial charge in [0.05, 0.1) is 0 Å². The van der Waals surface area contributed by atoms with Crippen LogP contribution in [0.1, 0.15) is 55.2 Å². The third-order valence-corrected chi connectivity index (χ3v) is 4.02. The zero-order chi connectivity index (χ0) is 13.1. The summed E-state index contributed by atoms with van der Waals surface area (Å²) in [4.78, 5) is 4.65. The lowest BCUT2D eigenvalue weighted by Crippen LogP contribution is -2.06. The normalized spacial score (nSPS) is 16.7. The van der Waals surface area contributed by atoms with Crippen LogP contribution in [0, 0.1) is 0 Å². The molecule has 1 fully saturated rings. The maximum atomic E-state index is 5.99. The Kier molecular flexibility index (Phi) is 3.83. The SMILES string of the molecule is Clc1cccc(Cc2nc(C3CCCCC3)n[nH]2)c1. The van der Waals surface area contributed by atoms with E-state index in [2.05, 4.69) is 21.2 Å². The number of halogens is 1. The highest BCUT2D eigenvalue weighted by Gasteiger charge is 2.19. The lowest BCUT2D eigenvalue weighted by Gasteiger charge is -2.18. The fourth-order valence-corrected chi connectivity index (χ4v) is 2.99. The molecule has 1 aliphatic carbocycles. The molecule has 0 spiro atoms. The van der Waals surface area contributed by atoms with Crippen molar-refractivity contribution in [3.05, 3.63) is 46.5 Å². The van der Waals surface area contributed by atoms with E-state index in [4.69, 9.17) is 11.6 Å². The van der Waals surface area contributed by atoms with Crippen LogP contribution in [0.5, 0.6) is 0 Å². The molecule has 2 aromatic rings. The minimum atomic E-state index is 0.554. The molecule has 0 radical (unpaired) electrons. The maximum absolute atomic E-state index is 5.99. The predicted molar refractivity (Wildman–Crippen MR) is 76.5 cm³/mol. The van der Waals surface area contributed by atoms with Gasteiger partial charge in [0.2, 0.25) is 0 Å². The summed E-state index contributed by atoms with van der Waals surface area (Å²) in [5, 5.41) is 8.22. The van der Waals surface area contributed by atoms with E-state index in [1.54, 1.807) is 0 Å².